The Kier molecular flexibility index (Phi) is 4.80. The van der Waals surface area contributed by atoms with Crippen LogP contribution in [0, 0.1) is 0 Å². The molecule has 0 aliphatic heterocycles. The van der Waals surface area contributed by atoms with E-state index in [1.54, 1.807) is 12.1 Å². The Morgan fingerprint density at radius 1 is 0.850 bits per heavy atom. The van der Waals surface area contributed by atoms with Crippen molar-refractivity contribution in [1.82, 2.24) is 5.32 Å². The molecule has 0 saturated heterocycles. The van der Waals surface area contributed by atoms with E-state index < -0.39 is 0 Å². The molecule has 0 spiro atoms. The number of benzene rings is 2. The Morgan fingerprint density at radius 3 is 1.75 bits per heavy atom. The fourth-order valence-electron chi connectivity index (χ4n) is 2.37. The zero-order chi connectivity index (χ0) is 14.5. The van der Waals surface area contributed by atoms with Crippen molar-refractivity contribution >= 4 is 0 Å². The van der Waals surface area contributed by atoms with E-state index in [0.717, 1.165) is 6.42 Å². The van der Waals surface area contributed by atoms with Gasteiger partial charge in [0.1, 0.15) is 5.75 Å². The molecular formula is C18H23NO. The van der Waals surface area contributed by atoms with Gasteiger partial charge >= 0.3 is 0 Å². The van der Waals surface area contributed by atoms with E-state index in [4.69, 9.17) is 0 Å². The Balaban J connectivity index is 2.02. The first-order valence-electron chi connectivity index (χ1n) is 7.24. The van der Waals surface area contributed by atoms with Gasteiger partial charge in [-0.2, -0.15) is 0 Å². The second kappa shape index (κ2) is 6.58. The van der Waals surface area contributed by atoms with Crippen LogP contribution in [0.2, 0.25) is 0 Å². The summed E-state index contributed by atoms with van der Waals surface area (Å²) in [5, 5.41) is 12.9. The Hall–Kier alpha value is -1.80. The van der Waals surface area contributed by atoms with Gasteiger partial charge in [0.25, 0.3) is 0 Å². The number of hydrogen-bond acceptors (Lipinski definition) is 2. The number of hydrogen-bond donors (Lipinski definition) is 2. The maximum absolute atomic E-state index is 9.33. The third-order valence-electron chi connectivity index (χ3n) is 3.78. The van der Waals surface area contributed by atoms with Gasteiger partial charge < -0.3 is 10.4 Å². The average molecular weight is 269 g/mol. The maximum Gasteiger partial charge on any atom is 0.115 e. The van der Waals surface area contributed by atoms with Crippen molar-refractivity contribution in [2.45, 2.75) is 39.3 Å². The highest BCUT2D eigenvalue weighted by atomic mass is 16.3. The van der Waals surface area contributed by atoms with E-state index in [2.05, 4.69) is 50.4 Å². The van der Waals surface area contributed by atoms with Crippen molar-refractivity contribution in [3.05, 3.63) is 65.2 Å². The summed E-state index contributed by atoms with van der Waals surface area (Å²) in [5.41, 5.74) is 3.85. The molecule has 2 aromatic carbocycles. The summed E-state index contributed by atoms with van der Waals surface area (Å²) in [6, 6.07) is 16.7. The van der Waals surface area contributed by atoms with E-state index in [1.165, 1.54) is 16.7 Å². The summed E-state index contributed by atoms with van der Waals surface area (Å²) in [7, 11) is 0. The predicted octanol–water partition coefficient (Wildman–Crippen LogP) is 4.37. The lowest BCUT2D eigenvalue weighted by Crippen LogP contribution is -2.22. The zero-order valence-electron chi connectivity index (χ0n) is 12.4. The van der Waals surface area contributed by atoms with Crippen LogP contribution in [0.5, 0.6) is 5.75 Å². The molecule has 0 fully saturated rings. The number of aromatic hydroxyl groups is 1. The lowest BCUT2D eigenvalue weighted by molar-refractivity contribution is 0.472. The van der Waals surface area contributed by atoms with Gasteiger partial charge in [0, 0.05) is 12.1 Å². The molecule has 0 radical (unpaired) electrons. The highest BCUT2D eigenvalue weighted by molar-refractivity contribution is 5.29. The van der Waals surface area contributed by atoms with Crippen molar-refractivity contribution in [1.29, 1.82) is 0 Å². The SMILES string of the molecule is CCc1ccc(C(C)NC(C)c2ccc(O)cc2)cc1. The van der Waals surface area contributed by atoms with Crippen LogP contribution in [-0.2, 0) is 6.42 Å². The number of phenolic OH excluding ortho intramolecular Hbond substituents is 1. The summed E-state index contributed by atoms with van der Waals surface area (Å²) < 4.78 is 0. The van der Waals surface area contributed by atoms with Crippen molar-refractivity contribution in [3.8, 4) is 5.75 Å². The van der Waals surface area contributed by atoms with Gasteiger partial charge in [-0.3, -0.25) is 0 Å². The number of nitrogens with one attached hydrogen (secondary N) is 1. The molecule has 0 bridgehead atoms. The molecule has 0 saturated carbocycles. The van der Waals surface area contributed by atoms with Gasteiger partial charge in [-0.1, -0.05) is 43.3 Å². The topological polar surface area (TPSA) is 32.3 Å². The molecule has 106 valence electrons. The molecule has 2 nitrogen and oxygen atoms in total. The minimum absolute atomic E-state index is 0.247. The van der Waals surface area contributed by atoms with E-state index in [1.807, 2.05) is 12.1 Å². The van der Waals surface area contributed by atoms with Gasteiger partial charge in [-0.05, 0) is 49.1 Å². The molecule has 2 rings (SSSR count). The number of aryl methyl sites for hydroxylation is 1. The molecule has 2 aromatic rings. The molecule has 0 heterocycles. The summed E-state index contributed by atoms with van der Waals surface area (Å²) in [5.74, 6) is 0.309. The first kappa shape index (κ1) is 14.6. The molecule has 0 amide bonds. The Morgan fingerprint density at radius 2 is 1.30 bits per heavy atom. The summed E-state index contributed by atoms with van der Waals surface area (Å²) >= 11 is 0. The van der Waals surface area contributed by atoms with Crippen LogP contribution in [0.15, 0.2) is 48.5 Å². The highest BCUT2D eigenvalue weighted by Gasteiger charge is 2.11. The normalized spacial score (nSPS) is 13.9. The lowest BCUT2D eigenvalue weighted by atomic mass is 10.0. The van der Waals surface area contributed by atoms with Crippen LogP contribution in [-0.4, -0.2) is 5.11 Å². The van der Waals surface area contributed by atoms with E-state index in [-0.39, 0.29) is 6.04 Å². The number of rotatable bonds is 5. The molecule has 0 aliphatic rings. The quantitative estimate of drug-likeness (QED) is 0.845. The van der Waals surface area contributed by atoms with Crippen LogP contribution in [0.3, 0.4) is 0 Å². The third kappa shape index (κ3) is 3.61. The maximum atomic E-state index is 9.33. The van der Waals surface area contributed by atoms with Crippen LogP contribution in [0.4, 0.5) is 0 Å². The van der Waals surface area contributed by atoms with Crippen LogP contribution < -0.4 is 5.32 Å². The minimum Gasteiger partial charge on any atom is -0.508 e. The standard InChI is InChI=1S/C18H23NO/c1-4-15-5-7-16(8-6-15)13(2)19-14(3)17-9-11-18(20)12-10-17/h5-14,19-20H,4H2,1-3H3. The largest absolute Gasteiger partial charge is 0.508 e. The fourth-order valence-corrected chi connectivity index (χ4v) is 2.37. The zero-order valence-corrected chi connectivity index (χ0v) is 12.4. The molecule has 2 N–H and O–H groups in total. The first-order valence-corrected chi connectivity index (χ1v) is 7.24. The summed E-state index contributed by atoms with van der Waals surface area (Å²) in [6.07, 6.45) is 1.08. The van der Waals surface area contributed by atoms with Gasteiger partial charge in [0.2, 0.25) is 0 Å². The van der Waals surface area contributed by atoms with Gasteiger partial charge in [-0.15, -0.1) is 0 Å². The molecule has 2 heteroatoms. The van der Waals surface area contributed by atoms with Crippen LogP contribution >= 0.6 is 0 Å². The Labute approximate surface area is 121 Å². The minimum atomic E-state index is 0.247. The predicted molar refractivity (Wildman–Crippen MR) is 83.9 cm³/mol. The summed E-state index contributed by atoms with van der Waals surface area (Å²) in [6.45, 7) is 6.49. The first-order chi connectivity index (χ1) is 9.60. The average Bonchev–Trinajstić information content (AvgIpc) is 2.48. The molecule has 0 aromatic heterocycles. The molecule has 20 heavy (non-hydrogen) atoms. The monoisotopic (exact) mass is 269 g/mol. The van der Waals surface area contributed by atoms with Crippen molar-refractivity contribution in [2.75, 3.05) is 0 Å². The smallest absolute Gasteiger partial charge is 0.115 e. The van der Waals surface area contributed by atoms with E-state index >= 15 is 0 Å². The molecule has 2 atom stereocenters. The fraction of sp³-hybridized carbons (Fsp3) is 0.333. The molecule has 2 unspecified atom stereocenters. The Bertz CT molecular complexity index is 530. The van der Waals surface area contributed by atoms with Crippen molar-refractivity contribution < 1.29 is 5.11 Å². The van der Waals surface area contributed by atoms with Gasteiger partial charge in [0.15, 0.2) is 0 Å². The number of phenols is 1. The van der Waals surface area contributed by atoms with E-state index in [0.29, 0.717) is 11.8 Å². The van der Waals surface area contributed by atoms with Crippen molar-refractivity contribution in [2.24, 2.45) is 0 Å². The highest BCUT2D eigenvalue weighted by Crippen LogP contribution is 2.21. The lowest BCUT2D eigenvalue weighted by Gasteiger charge is -2.21. The van der Waals surface area contributed by atoms with Gasteiger partial charge in [-0.25, -0.2) is 0 Å². The summed E-state index contributed by atoms with van der Waals surface area (Å²) in [4.78, 5) is 0. The van der Waals surface area contributed by atoms with E-state index in [9.17, 15) is 5.11 Å². The second-order valence-electron chi connectivity index (χ2n) is 5.30. The molecule has 0 aliphatic carbocycles. The van der Waals surface area contributed by atoms with Crippen molar-refractivity contribution in [3.63, 3.8) is 0 Å². The van der Waals surface area contributed by atoms with Crippen LogP contribution in [0.25, 0.3) is 0 Å². The second-order valence-corrected chi connectivity index (χ2v) is 5.30. The third-order valence-corrected chi connectivity index (χ3v) is 3.78. The van der Waals surface area contributed by atoms with Crippen LogP contribution in [0.1, 0.15) is 49.5 Å². The van der Waals surface area contributed by atoms with Gasteiger partial charge in [0.05, 0.1) is 0 Å². The molecular weight excluding hydrogens is 246 g/mol.